The van der Waals surface area contributed by atoms with Crippen molar-refractivity contribution in [3.05, 3.63) is 39.9 Å². The summed E-state index contributed by atoms with van der Waals surface area (Å²) in [7, 11) is 3.90. The highest BCUT2D eigenvalue weighted by molar-refractivity contribution is 5.43. The maximum Gasteiger partial charge on any atom is 0.267 e. The molecule has 0 saturated carbocycles. The van der Waals surface area contributed by atoms with Crippen molar-refractivity contribution in [2.45, 2.75) is 32.2 Å². The molecule has 1 aliphatic carbocycles. The average molecular weight is 384 g/mol. The predicted molar refractivity (Wildman–Crippen MR) is 110 cm³/mol. The van der Waals surface area contributed by atoms with E-state index in [1.165, 1.54) is 12.8 Å². The van der Waals surface area contributed by atoms with Crippen molar-refractivity contribution in [2.75, 3.05) is 56.6 Å². The van der Waals surface area contributed by atoms with Crippen LogP contribution in [0, 0.1) is 0 Å². The van der Waals surface area contributed by atoms with E-state index in [4.69, 9.17) is 0 Å². The highest BCUT2D eigenvalue weighted by atomic mass is 16.1. The summed E-state index contributed by atoms with van der Waals surface area (Å²) in [5.74, 6) is 1.71. The Kier molecular flexibility index (Phi) is 5.57. The van der Waals surface area contributed by atoms with Gasteiger partial charge in [-0.3, -0.25) is 9.69 Å². The number of nitrogens with zero attached hydrogens (tertiary/aromatic N) is 7. The average Bonchev–Trinajstić information content (AvgIpc) is 2.72. The van der Waals surface area contributed by atoms with Gasteiger partial charge in [-0.15, -0.1) is 0 Å². The van der Waals surface area contributed by atoms with E-state index in [0.717, 1.165) is 68.6 Å². The number of hydrogen-bond donors (Lipinski definition) is 0. The van der Waals surface area contributed by atoms with E-state index < -0.39 is 0 Å². The summed E-state index contributed by atoms with van der Waals surface area (Å²) in [6.45, 7) is 5.28. The quantitative estimate of drug-likeness (QED) is 0.756. The number of anilines is 2. The third-order valence-corrected chi connectivity index (χ3v) is 5.63. The van der Waals surface area contributed by atoms with Crippen molar-refractivity contribution in [3.63, 3.8) is 0 Å². The van der Waals surface area contributed by atoms with Gasteiger partial charge in [0.1, 0.15) is 5.82 Å². The normalized spacial score (nSPS) is 17.4. The minimum absolute atomic E-state index is 0.0384. The standard InChI is InChI=1S/C20H29N7O/c1-24(2)20-21-8-7-18(22-20)26-12-9-25(10-13-26)11-14-27-19(28)15-16-5-3-4-6-17(16)23-27/h7-8,15H,3-6,9-14H2,1-2H3. The Morgan fingerprint density at radius 1 is 1.07 bits per heavy atom. The zero-order chi connectivity index (χ0) is 19.5. The van der Waals surface area contributed by atoms with Crippen molar-refractivity contribution in [3.8, 4) is 0 Å². The van der Waals surface area contributed by atoms with Crippen molar-refractivity contribution in [1.29, 1.82) is 0 Å². The molecule has 1 aliphatic heterocycles. The third-order valence-electron chi connectivity index (χ3n) is 5.63. The second kappa shape index (κ2) is 8.26. The summed E-state index contributed by atoms with van der Waals surface area (Å²) in [6.07, 6.45) is 6.17. The first-order chi connectivity index (χ1) is 13.6. The van der Waals surface area contributed by atoms with E-state index in [-0.39, 0.29) is 5.56 Å². The van der Waals surface area contributed by atoms with Gasteiger partial charge < -0.3 is 9.80 Å². The summed E-state index contributed by atoms with van der Waals surface area (Å²) >= 11 is 0. The second-order valence-electron chi connectivity index (χ2n) is 7.82. The molecule has 2 aromatic rings. The molecule has 1 fully saturated rings. The van der Waals surface area contributed by atoms with Gasteiger partial charge in [0.05, 0.1) is 12.2 Å². The van der Waals surface area contributed by atoms with Crippen LogP contribution in [0.15, 0.2) is 23.1 Å². The summed E-state index contributed by atoms with van der Waals surface area (Å²) in [5.41, 5.74) is 2.32. The molecule has 0 spiro atoms. The number of aryl methyl sites for hydroxylation is 2. The molecular weight excluding hydrogens is 354 g/mol. The first-order valence-electron chi connectivity index (χ1n) is 10.2. The first kappa shape index (κ1) is 18.9. The molecule has 8 nitrogen and oxygen atoms in total. The highest BCUT2D eigenvalue weighted by Crippen LogP contribution is 2.17. The number of hydrogen-bond acceptors (Lipinski definition) is 7. The molecule has 2 aliphatic rings. The molecule has 1 saturated heterocycles. The second-order valence-corrected chi connectivity index (χ2v) is 7.82. The molecule has 0 amide bonds. The molecule has 0 N–H and O–H groups in total. The van der Waals surface area contributed by atoms with Crippen LogP contribution in [-0.2, 0) is 19.4 Å². The molecular formula is C20H29N7O. The van der Waals surface area contributed by atoms with Crippen LogP contribution in [0.5, 0.6) is 0 Å². The van der Waals surface area contributed by atoms with Crippen LogP contribution in [0.1, 0.15) is 24.1 Å². The maximum absolute atomic E-state index is 12.3. The summed E-state index contributed by atoms with van der Waals surface area (Å²) in [6, 6.07) is 3.77. The van der Waals surface area contributed by atoms with Gasteiger partial charge in [-0.2, -0.15) is 10.1 Å². The molecule has 3 heterocycles. The smallest absolute Gasteiger partial charge is 0.267 e. The van der Waals surface area contributed by atoms with Gasteiger partial charge >= 0.3 is 0 Å². The van der Waals surface area contributed by atoms with E-state index >= 15 is 0 Å². The summed E-state index contributed by atoms with van der Waals surface area (Å²) < 4.78 is 1.66. The zero-order valence-corrected chi connectivity index (χ0v) is 16.8. The fourth-order valence-electron chi connectivity index (χ4n) is 3.93. The minimum Gasteiger partial charge on any atom is -0.354 e. The molecule has 4 rings (SSSR count). The van der Waals surface area contributed by atoms with Gasteiger partial charge in [-0.25, -0.2) is 9.67 Å². The number of aromatic nitrogens is 4. The SMILES string of the molecule is CN(C)c1nccc(N2CCN(CCn3nc4c(cc3=O)CCCC4)CC2)n1. The highest BCUT2D eigenvalue weighted by Gasteiger charge is 2.19. The molecule has 8 heteroatoms. The Labute approximate surface area is 165 Å². The van der Waals surface area contributed by atoms with Crippen LogP contribution < -0.4 is 15.4 Å². The van der Waals surface area contributed by atoms with Crippen molar-refractivity contribution < 1.29 is 0 Å². The topological polar surface area (TPSA) is 70.4 Å². The molecule has 150 valence electrons. The van der Waals surface area contributed by atoms with E-state index in [2.05, 4.69) is 24.9 Å². The van der Waals surface area contributed by atoms with Gasteiger partial charge in [0.15, 0.2) is 0 Å². The van der Waals surface area contributed by atoms with Crippen LogP contribution >= 0.6 is 0 Å². The van der Waals surface area contributed by atoms with E-state index in [1.807, 2.05) is 31.3 Å². The number of fused-ring (bicyclic) bond motifs is 1. The molecule has 2 aromatic heterocycles. The Morgan fingerprint density at radius 2 is 1.86 bits per heavy atom. The van der Waals surface area contributed by atoms with Crippen LogP contribution in [0.3, 0.4) is 0 Å². The van der Waals surface area contributed by atoms with E-state index in [9.17, 15) is 4.79 Å². The van der Waals surface area contributed by atoms with E-state index in [0.29, 0.717) is 6.54 Å². The summed E-state index contributed by atoms with van der Waals surface area (Å²) in [4.78, 5) is 27.9. The lowest BCUT2D eigenvalue weighted by atomic mass is 9.97. The number of rotatable bonds is 5. The van der Waals surface area contributed by atoms with Gasteiger partial charge in [0.2, 0.25) is 5.95 Å². The van der Waals surface area contributed by atoms with Crippen LogP contribution in [0.4, 0.5) is 11.8 Å². The molecule has 0 aromatic carbocycles. The van der Waals surface area contributed by atoms with Gasteiger partial charge in [0.25, 0.3) is 5.56 Å². The van der Waals surface area contributed by atoms with Crippen molar-refractivity contribution in [1.82, 2.24) is 24.6 Å². The number of piperazine rings is 1. The van der Waals surface area contributed by atoms with Crippen molar-refractivity contribution >= 4 is 11.8 Å². The monoisotopic (exact) mass is 383 g/mol. The van der Waals surface area contributed by atoms with Crippen LogP contribution in [0.25, 0.3) is 0 Å². The molecule has 0 atom stereocenters. The lowest BCUT2D eigenvalue weighted by Gasteiger charge is -2.35. The molecule has 0 unspecified atom stereocenters. The van der Waals surface area contributed by atoms with Gasteiger partial charge in [-0.05, 0) is 37.3 Å². The van der Waals surface area contributed by atoms with E-state index in [1.54, 1.807) is 10.7 Å². The Morgan fingerprint density at radius 3 is 2.64 bits per heavy atom. The molecule has 28 heavy (non-hydrogen) atoms. The lowest BCUT2D eigenvalue weighted by molar-refractivity contribution is 0.241. The fraction of sp³-hybridized carbons (Fsp3) is 0.600. The Balaban J connectivity index is 1.33. The van der Waals surface area contributed by atoms with Gasteiger partial charge in [-0.1, -0.05) is 0 Å². The predicted octanol–water partition coefficient (Wildman–Crippen LogP) is 0.800. The molecule has 0 bridgehead atoms. The fourth-order valence-corrected chi connectivity index (χ4v) is 3.93. The van der Waals surface area contributed by atoms with Crippen molar-refractivity contribution in [2.24, 2.45) is 0 Å². The van der Waals surface area contributed by atoms with Gasteiger partial charge in [0, 0.05) is 59.1 Å². The summed E-state index contributed by atoms with van der Waals surface area (Å²) in [5, 5.41) is 4.63. The largest absolute Gasteiger partial charge is 0.354 e. The lowest BCUT2D eigenvalue weighted by Crippen LogP contribution is -2.48. The zero-order valence-electron chi connectivity index (χ0n) is 16.8. The van der Waals surface area contributed by atoms with Crippen LogP contribution in [-0.4, -0.2) is 71.5 Å². The maximum atomic E-state index is 12.3. The Bertz CT molecular complexity index is 871. The first-order valence-corrected chi connectivity index (χ1v) is 10.2. The van der Waals surface area contributed by atoms with Crippen LogP contribution in [0.2, 0.25) is 0 Å². The Hall–Kier alpha value is -2.48. The third kappa shape index (κ3) is 4.16. The minimum atomic E-state index is 0.0384. The molecule has 0 radical (unpaired) electrons.